The summed E-state index contributed by atoms with van der Waals surface area (Å²) < 4.78 is 2.39. The topological polar surface area (TPSA) is 8.17 Å². The van der Waals surface area contributed by atoms with E-state index in [1.54, 1.807) is 0 Å². The van der Waals surface area contributed by atoms with Crippen molar-refractivity contribution in [1.82, 2.24) is 4.57 Å². The number of hydrogen-bond donors (Lipinski definition) is 0. The average Bonchev–Trinajstić information content (AvgIpc) is 3.77. The third-order valence-corrected chi connectivity index (χ3v) is 14.0. The van der Waals surface area contributed by atoms with Crippen LogP contribution in [0.15, 0.2) is 279 Å². The first-order valence-corrected chi connectivity index (χ1v) is 24.1. The van der Waals surface area contributed by atoms with Crippen LogP contribution in [-0.2, 0) is 0 Å². The molecular formula is C68H46N2. The van der Waals surface area contributed by atoms with Gasteiger partial charge >= 0.3 is 0 Å². The largest absolute Gasteiger partial charge is 0.309 e. The molecule has 12 aromatic carbocycles. The van der Waals surface area contributed by atoms with E-state index in [2.05, 4.69) is 289 Å². The molecule has 0 N–H and O–H groups in total. The number of hydrogen-bond acceptors (Lipinski definition) is 1. The molecule has 0 spiro atoms. The van der Waals surface area contributed by atoms with Crippen LogP contribution in [0.4, 0.5) is 17.1 Å². The lowest BCUT2D eigenvalue weighted by molar-refractivity contribution is 1.18. The standard InChI is InChI=1S/C68H46N2/c1-3-20-47(21-4-1)53-26-9-10-28-57(53)59-29-11-12-30-60(59)62-31-14-17-36-66(62)70(52-42-38-49(39-43-52)55-33-19-34-58-54-25-8-7-22-48(54)40-44-61(55)58)65-35-16-13-27-56(65)50-41-45-68-64(46-50)63-32-15-18-37-67(63)69(68)51-23-5-2-6-24-51/h1-46H. The van der Waals surface area contributed by atoms with Crippen molar-refractivity contribution in [3.05, 3.63) is 279 Å². The fraction of sp³-hybridized carbons (Fsp3) is 0. The highest BCUT2D eigenvalue weighted by Gasteiger charge is 2.23. The summed E-state index contributed by atoms with van der Waals surface area (Å²) in [6, 6.07) is 102. The van der Waals surface area contributed by atoms with Crippen molar-refractivity contribution in [3.63, 3.8) is 0 Å². The number of nitrogens with zero attached hydrogens (tertiary/aromatic N) is 2. The predicted molar refractivity (Wildman–Crippen MR) is 298 cm³/mol. The van der Waals surface area contributed by atoms with Gasteiger partial charge in [-0.3, -0.25) is 0 Å². The first-order chi connectivity index (χ1) is 34.8. The van der Waals surface area contributed by atoms with Gasteiger partial charge in [0.2, 0.25) is 0 Å². The Morgan fingerprint density at radius 1 is 0.243 bits per heavy atom. The summed E-state index contributed by atoms with van der Waals surface area (Å²) in [4.78, 5) is 2.47. The SMILES string of the molecule is c1ccc(-c2ccccc2-c2ccccc2-c2ccccc2N(c2ccc(-c3cccc4c3ccc3ccccc34)cc2)c2ccccc2-c2ccc3c(c2)c2ccccc2n3-c2ccccc2)cc1. The van der Waals surface area contributed by atoms with Crippen molar-refractivity contribution in [2.75, 3.05) is 4.90 Å². The van der Waals surface area contributed by atoms with E-state index in [1.165, 1.54) is 82.3 Å². The van der Waals surface area contributed by atoms with E-state index in [9.17, 15) is 0 Å². The molecule has 2 heteroatoms. The minimum Gasteiger partial charge on any atom is -0.309 e. The first kappa shape index (κ1) is 41.0. The molecule has 0 aliphatic rings. The number of fused-ring (bicyclic) bond motifs is 6. The molecule has 0 radical (unpaired) electrons. The summed E-state index contributed by atoms with van der Waals surface area (Å²) in [5, 5.41) is 7.48. The van der Waals surface area contributed by atoms with Crippen molar-refractivity contribution >= 4 is 60.4 Å². The summed E-state index contributed by atoms with van der Waals surface area (Å²) in [7, 11) is 0. The Morgan fingerprint density at radius 3 is 1.50 bits per heavy atom. The molecule has 1 aromatic heterocycles. The summed E-state index contributed by atoms with van der Waals surface area (Å²) in [5.41, 5.74) is 18.5. The summed E-state index contributed by atoms with van der Waals surface area (Å²) >= 11 is 0. The van der Waals surface area contributed by atoms with Gasteiger partial charge in [0.05, 0.1) is 22.4 Å². The van der Waals surface area contributed by atoms with E-state index in [-0.39, 0.29) is 0 Å². The number of anilines is 3. The number of benzene rings is 12. The molecular weight excluding hydrogens is 845 g/mol. The van der Waals surface area contributed by atoms with Gasteiger partial charge in [-0.1, -0.05) is 224 Å². The molecule has 0 unspecified atom stereocenters. The molecule has 2 nitrogen and oxygen atoms in total. The van der Waals surface area contributed by atoms with Crippen LogP contribution in [0, 0.1) is 0 Å². The van der Waals surface area contributed by atoms with Crippen LogP contribution >= 0.6 is 0 Å². The lowest BCUT2D eigenvalue weighted by atomic mass is 9.88. The molecule has 0 atom stereocenters. The predicted octanol–water partition coefficient (Wildman–Crippen LogP) is 18.9. The number of rotatable bonds is 9. The lowest BCUT2D eigenvalue weighted by Crippen LogP contribution is -2.12. The molecule has 70 heavy (non-hydrogen) atoms. The highest BCUT2D eigenvalue weighted by atomic mass is 15.1. The molecule has 0 aliphatic heterocycles. The molecule has 13 rings (SSSR count). The molecule has 13 aromatic rings. The Labute approximate surface area is 408 Å². The highest BCUT2D eigenvalue weighted by molar-refractivity contribution is 6.13. The van der Waals surface area contributed by atoms with E-state index in [1.807, 2.05) is 0 Å². The smallest absolute Gasteiger partial charge is 0.0541 e. The first-order valence-electron chi connectivity index (χ1n) is 24.1. The van der Waals surface area contributed by atoms with Gasteiger partial charge in [-0.25, -0.2) is 0 Å². The zero-order valence-electron chi connectivity index (χ0n) is 38.5. The second-order valence-electron chi connectivity index (χ2n) is 18.0. The third kappa shape index (κ3) is 7.05. The third-order valence-electron chi connectivity index (χ3n) is 14.0. The molecule has 1 heterocycles. The van der Waals surface area contributed by atoms with Gasteiger partial charge < -0.3 is 9.47 Å². The van der Waals surface area contributed by atoms with Crippen LogP contribution in [0.25, 0.3) is 105 Å². The maximum Gasteiger partial charge on any atom is 0.0541 e. The van der Waals surface area contributed by atoms with Crippen molar-refractivity contribution in [2.24, 2.45) is 0 Å². The van der Waals surface area contributed by atoms with Crippen LogP contribution in [0.2, 0.25) is 0 Å². The molecule has 0 fully saturated rings. The van der Waals surface area contributed by atoms with E-state index < -0.39 is 0 Å². The van der Waals surface area contributed by atoms with E-state index in [0.29, 0.717) is 0 Å². The zero-order chi connectivity index (χ0) is 46.4. The fourth-order valence-electron chi connectivity index (χ4n) is 10.8. The van der Waals surface area contributed by atoms with Gasteiger partial charge in [-0.15, -0.1) is 0 Å². The average molecular weight is 891 g/mol. The second kappa shape index (κ2) is 17.4. The Balaban J connectivity index is 1.01. The Kier molecular flexibility index (Phi) is 10.2. The molecule has 328 valence electrons. The fourth-order valence-corrected chi connectivity index (χ4v) is 10.8. The van der Waals surface area contributed by atoms with Crippen LogP contribution in [-0.4, -0.2) is 4.57 Å². The van der Waals surface area contributed by atoms with E-state index >= 15 is 0 Å². The number of para-hydroxylation sites is 4. The normalized spacial score (nSPS) is 11.4. The minimum atomic E-state index is 1.07. The highest BCUT2D eigenvalue weighted by Crippen LogP contribution is 2.48. The Hall–Kier alpha value is -9.24. The summed E-state index contributed by atoms with van der Waals surface area (Å²) in [6.45, 7) is 0. The van der Waals surface area contributed by atoms with Gasteiger partial charge in [0, 0.05) is 33.3 Å². The molecule has 0 bridgehead atoms. The van der Waals surface area contributed by atoms with Gasteiger partial charge in [-0.2, -0.15) is 0 Å². The van der Waals surface area contributed by atoms with E-state index in [4.69, 9.17) is 0 Å². The Bertz CT molecular complexity index is 4050. The van der Waals surface area contributed by atoms with Crippen molar-refractivity contribution in [2.45, 2.75) is 0 Å². The van der Waals surface area contributed by atoms with Gasteiger partial charge in [-0.05, 0) is 121 Å². The minimum absolute atomic E-state index is 1.07. The summed E-state index contributed by atoms with van der Waals surface area (Å²) in [6.07, 6.45) is 0. The van der Waals surface area contributed by atoms with Crippen molar-refractivity contribution in [3.8, 4) is 61.3 Å². The maximum absolute atomic E-state index is 2.47. The van der Waals surface area contributed by atoms with Crippen LogP contribution in [0.5, 0.6) is 0 Å². The van der Waals surface area contributed by atoms with Crippen LogP contribution in [0.1, 0.15) is 0 Å². The maximum atomic E-state index is 2.47. The lowest BCUT2D eigenvalue weighted by Gasteiger charge is -2.30. The van der Waals surface area contributed by atoms with E-state index in [0.717, 1.165) is 39.4 Å². The summed E-state index contributed by atoms with van der Waals surface area (Å²) in [5.74, 6) is 0. The van der Waals surface area contributed by atoms with Crippen LogP contribution < -0.4 is 4.90 Å². The van der Waals surface area contributed by atoms with Crippen LogP contribution in [0.3, 0.4) is 0 Å². The number of aromatic nitrogens is 1. The van der Waals surface area contributed by atoms with Gasteiger partial charge in [0.15, 0.2) is 0 Å². The van der Waals surface area contributed by atoms with Crippen molar-refractivity contribution < 1.29 is 0 Å². The second-order valence-corrected chi connectivity index (χ2v) is 18.0. The van der Waals surface area contributed by atoms with Gasteiger partial charge in [0.25, 0.3) is 0 Å². The van der Waals surface area contributed by atoms with Crippen molar-refractivity contribution in [1.29, 1.82) is 0 Å². The zero-order valence-corrected chi connectivity index (χ0v) is 38.5. The molecule has 0 saturated heterocycles. The quantitative estimate of drug-likeness (QED) is 0.131. The molecule has 0 aliphatic carbocycles. The molecule has 0 amide bonds. The monoisotopic (exact) mass is 890 g/mol. The molecule has 0 saturated carbocycles. The van der Waals surface area contributed by atoms with Gasteiger partial charge in [0.1, 0.15) is 0 Å². The Morgan fingerprint density at radius 2 is 0.743 bits per heavy atom.